The molecule has 0 saturated carbocycles. The summed E-state index contributed by atoms with van der Waals surface area (Å²) in [4.78, 5) is 14.3. The molecule has 0 aromatic carbocycles. The Bertz CT molecular complexity index is 420. The Labute approximate surface area is 108 Å². The second-order valence-electron chi connectivity index (χ2n) is 4.92. The van der Waals surface area contributed by atoms with Crippen LogP contribution in [0.25, 0.3) is 0 Å². The van der Waals surface area contributed by atoms with Crippen molar-refractivity contribution in [3.05, 3.63) is 22.6 Å². The molecule has 0 aliphatic carbocycles. The van der Waals surface area contributed by atoms with Crippen LogP contribution in [0.2, 0.25) is 0 Å². The number of carbonyl (C=O) groups excluding carboxylic acids is 1. The van der Waals surface area contributed by atoms with Gasteiger partial charge in [0.05, 0.1) is 0 Å². The fourth-order valence-electron chi connectivity index (χ4n) is 2.86. The predicted octanol–water partition coefficient (Wildman–Crippen LogP) is 1.87. The number of hydrogen-bond acceptors (Lipinski definition) is 3. The monoisotopic (exact) mass is 298 g/mol. The van der Waals surface area contributed by atoms with Crippen molar-refractivity contribution >= 4 is 21.8 Å². The second-order valence-corrected chi connectivity index (χ2v) is 5.71. The van der Waals surface area contributed by atoms with E-state index in [1.54, 1.807) is 12.1 Å². The van der Waals surface area contributed by atoms with Crippen LogP contribution in [0, 0.1) is 5.92 Å². The molecular formula is C12H15BrN2O2. The topological polar surface area (TPSA) is 45.5 Å². The van der Waals surface area contributed by atoms with Crippen molar-refractivity contribution in [2.75, 3.05) is 19.6 Å². The van der Waals surface area contributed by atoms with Crippen LogP contribution in [-0.4, -0.2) is 36.5 Å². The van der Waals surface area contributed by atoms with Crippen LogP contribution in [-0.2, 0) is 0 Å². The summed E-state index contributed by atoms with van der Waals surface area (Å²) in [5, 5.41) is 3.05. The summed E-state index contributed by atoms with van der Waals surface area (Å²) in [5.74, 6) is 1.03. The molecule has 3 unspecified atom stereocenters. The number of amides is 1. The van der Waals surface area contributed by atoms with Crippen LogP contribution < -0.4 is 5.32 Å². The van der Waals surface area contributed by atoms with Gasteiger partial charge in [0.25, 0.3) is 5.91 Å². The molecule has 3 rings (SSSR count). The Morgan fingerprint density at radius 1 is 1.47 bits per heavy atom. The lowest BCUT2D eigenvalue weighted by atomic mass is 9.97. The maximum atomic E-state index is 11.9. The highest BCUT2D eigenvalue weighted by atomic mass is 79.9. The van der Waals surface area contributed by atoms with Crippen molar-refractivity contribution < 1.29 is 9.21 Å². The molecule has 17 heavy (non-hydrogen) atoms. The number of nitrogens with zero attached hydrogens (tertiary/aromatic N) is 1. The molecule has 2 saturated heterocycles. The van der Waals surface area contributed by atoms with E-state index in [0.29, 0.717) is 10.4 Å². The van der Waals surface area contributed by atoms with Crippen molar-refractivity contribution in [3.63, 3.8) is 0 Å². The molecule has 1 N–H and O–H groups in total. The number of rotatable bonds is 2. The van der Waals surface area contributed by atoms with Crippen LogP contribution in [0.3, 0.4) is 0 Å². The maximum Gasteiger partial charge on any atom is 0.287 e. The lowest BCUT2D eigenvalue weighted by molar-refractivity contribution is 0.0880. The normalized spacial score (nSPS) is 31.5. The summed E-state index contributed by atoms with van der Waals surface area (Å²) < 4.78 is 5.84. The average molecular weight is 299 g/mol. The molecule has 1 amide bonds. The van der Waals surface area contributed by atoms with Gasteiger partial charge >= 0.3 is 0 Å². The molecule has 1 aromatic rings. The Morgan fingerprint density at radius 3 is 3.06 bits per heavy atom. The Hall–Kier alpha value is -0.810. The molecule has 0 spiro atoms. The molecule has 2 fully saturated rings. The number of carbonyl (C=O) groups is 1. The van der Waals surface area contributed by atoms with E-state index in [9.17, 15) is 4.79 Å². The van der Waals surface area contributed by atoms with Gasteiger partial charge in [0, 0.05) is 19.1 Å². The predicted molar refractivity (Wildman–Crippen MR) is 66.8 cm³/mol. The van der Waals surface area contributed by atoms with E-state index in [1.807, 2.05) is 0 Å². The number of halogens is 1. The van der Waals surface area contributed by atoms with Crippen LogP contribution >= 0.6 is 15.9 Å². The third-order valence-corrected chi connectivity index (χ3v) is 4.02. The zero-order chi connectivity index (χ0) is 11.8. The van der Waals surface area contributed by atoms with Crippen LogP contribution in [0.1, 0.15) is 23.4 Å². The molecule has 2 aliphatic rings. The summed E-state index contributed by atoms with van der Waals surface area (Å²) in [7, 11) is 0. The highest BCUT2D eigenvalue weighted by Crippen LogP contribution is 2.27. The quantitative estimate of drug-likeness (QED) is 0.907. The smallest absolute Gasteiger partial charge is 0.287 e. The Morgan fingerprint density at radius 2 is 2.35 bits per heavy atom. The molecule has 2 aliphatic heterocycles. The van der Waals surface area contributed by atoms with Gasteiger partial charge in [0.2, 0.25) is 0 Å². The van der Waals surface area contributed by atoms with Gasteiger partial charge in [-0.1, -0.05) is 0 Å². The van der Waals surface area contributed by atoms with Gasteiger partial charge in [0.1, 0.15) is 0 Å². The summed E-state index contributed by atoms with van der Waals surface area (Å²) in [6, 6.07) is 3.70. The van der Waals surface area contributed by atoms with E-state index in [2.05, 4.69) is 26.1 Å². The van der Waals surface area contributed by atoms with Crippen molar-refractivity contribution in [3.8, 4) is 0 Å². The van der Waals surface area contributed by atoms with Gasteiger partial charge in [-0.15, -0.1) is 0 Å². The lowest BCUT2D eigenvalue weighted by Gasteiger charge is -2.30. The van der Waals surface area contributed by atoms with E-state index in [0.717, 1.165) is 18.9 Å². The number of nitrogens with one attached hydrogen (secondary N) is 1. The first kappa shape index (κ1) is 11.3. The fraction of sp³-hybridized carbons (Fsp3) is 0.583. The molecule has 3 heterocycles. The molecule has 4 nitrogen and oxygen atoms in total. The summed E-state index contributed by atoms with van der Waals surface area (Å²) in [5.41, 5.74) is 0. The van der Waals surface area contributed by atoms with Gasteiger partial charge in [-0.25, -0.2) is 0 Å². The Balaban J connectivity index is 1.62. The highest BCUT2D eigenvalue weighted by molar-refractivity contribution is 9.10. The number of hydrogen-bond donors (Lipinski definition) is 1. The zero-order valence-electron chi connectivity index (χ0n) is 9.49. The second kappa shape index (κ2) is 4.46. The molecule has 0 radical (unpaired) electrons. The largest absolute Gasteiger partial charge is 0.444 e. The third-order valence-electron chi connectivity index (χ3n) is 3.60. The van der Waals surface area contributed by atoms with Gasteiger partial charge in [0.15, 0.2) is 10.4 Å². The summed E-state index contributed by atoms with van der Waals surface area (Å²) >= 11 is 3.20. The number of piperidine rings is 1. The molecule has 5 heteroatoms. The molecular weight excluding hydrogens is 284 g/mol. The van der Waals surface area contributed by atoms with E-state index in [1.165, 1.54) is 19.5 Å². The minimum Gasteiger partial charge on any atom is -0.444 e. The standard InChI is InChI=1S/C12H15BrN2O2/c13-11-2-1-10(17-11)12(16)14-9-5-8-3-4-15(6-8)7-9/h1-2,8-9H,3-7H2,(H,14,16). The molecule has 1 aromatic heterocycles. The zero-order valence-corrected chi connectivity index (χ0v) is 11.1. The van der Waals surface area contributed by atoms with E-state index in [-0.39, 0.29) is 11.9 Å². The first-order valence-corrected chi connectivity index (χ1v) is 6.78. The van der Waals surface area contributed by atoms with Gasteiger partial charge in [-0.2, -0.15) is 0 Å². The summed E-state index contributed by atoms with van der Waals surface area (Å²) in [6.45, 7) is 3.37. The SMILES string of the molecule is O=C(NC1CC2CCN(C2)C1)c1ccc(Br)o1. The van der Waals surface area contributed by atoms with E-state index >= 15 is 0 Å². The van der Waals surface area contributed by atoms with Crippen LogP contribution in [0.5, 0.6) is 0 Å². The molecule has 92 valence electrons. The first-order valence-electron chi connectivity index (χ1n) is 5.99. The Kier molecular flexibility index (Phi) is 2.96. The first-order chi connectivity index (χ1) is 8.20. The highest BCUT2D eigenvalue weighted by Gasteiger charge is 2.33. The van der Waals surface area contributed by atoms with Crippen molar-refractivity contribution in [1.29, 1.82) is 0 Å². The number of fused-ring (bicyclic) bond motifs is 2. The molecule has 2 bridgehead atoms. The minimum absolute atomic E-state index is 0.108. The van der Waals surface area contributed by atoms with E-state index in [4.69, 9.17) is 4.42 Å². The maximum absolute atomic E-state index is 11.9. The third kappa shape index (κ3) is 2.40. The van der Waals surface area contributed by atoms with Crippen molar-refractivity contribution in [1.82, 2.24) is 10.2 Å². The van der Waals surface area contributed by atoms with Gasteiger partial charge < -0.3 is 14.6 Å². The summed E-state index contributed by atoms with van der Waals surface area (Å²) in [6.07, 6.45) is 2.38. The van der Waals surface area contributed by atoms with Crippen molar-refractivity contribution in [2.24, 2.45) is 5.92 Å². The minimum atomic E-state index is -0.108. The average Bonchev–Trinajstić information content (AvgIpc) is 2.85. The molecule has 3 atom stereocenters. The van der Waals surface area contributed by atoms with E-state index < -0.39 is 0 Å². The van der Waals surface area contributed by atoms with Crippen molar-refractivity contribution in [2.45, 2.75) is 18.9 Å². The van der Waals surface area contributed by atoms with Gasteiger partial charge in [-0.3, -0.25) is 4.79 Å². The van der Waals surface area contributed by atoms with Crippen LogP contribution in [0.4, 0.5) is 0 Å². The van der Waals surface area contributed by atoms with Gasteiger partial charge in [-0.05, 0) is 53.4 Å². The van der Waals surface area contributed by atoms with Crippen LogP contribution in [0.15, 0.2) is 21.2 Å². The number of furan rings is 1. The fourth-order valence-corrected chi connectivity index (χ4v) is 3.16. The lowest BCUT2D eigenvalue weighted by Crippen LogP contribution is -2.46.